The molecule has 1 N–H and O–H groups in total. The van der Waals surface area contributed by atoms with Crippen LogP contribution in [-0.2, 0) is 6.54 Å². The van der Waals surface area contributed by atoms with Gasteiger partial charge in [0, 0.05) is 17.5 Å². The number of ether oxygens (including phenoxy) is 1. The van der Waals surface area contributed by atoms with Gasteiger partial charge in [-0.3, -0.25) is 0 Å². The number of hydrogen-bond donors (Lipinski definition) is 1. The second-order valence-corrected chi connectivity index (χ2v) is 4.98. The zero-order valence-corrected chi connectivity index (χ0v) is 12.5. The fourth-order valence-corrected chi connectivity index (χ4v) is 2.49. The van der Waals surface area contributed by atoms with Gasteiger partial charge in [-0.25, -0.2) is 4.98 Å². The lowest BCUT2D eigenvalue weighted by Gasteiger charge is -2.11. The number of nitrogens with one attached hydrogen (secondary N) is 1. The van der Waals surface area contributed by atoms with Crippen LogP contribution in [0.5, 0.6) is 5.75 Å². The lowest BCUT2D eigenvalue weighted by molar-refractivity contribution is 0.410. The van der Waals surface area contributed by atoms with Gasteiger partial charge in [0.15, 0.2) is 0 Å². The Morgan fingerprint density at radius 2 is 1.95 bits per heavy atom. The van der Waals surface area contributed by atoms with Crippen LogP contribution >= 0.6 is 0 Å². The van der Waals surface area contributed by atoms with Gasteiger partial charge in [0.1, 0.15) is 11.6 Å². The molecule has 1 heterocycles. The number of rotatable bonds is 5. The first-order chi connectivity index (χ1) is 10.8. The van der Waals surface area contributed by atoms with Crippen molar-refractivity contribution < 1.29 is 4.74 Å². The maximum atomic E-state index is 5.36. The second kappa shape index (κ2) is 6.31. The quantitative estimate of drug-likeness (QED) is 0.751. The average molecular weight is 290 g/mol. The van der Waals surface area contributed by atoms with Crippen LogP contribution in [0.2, 0.25) is 0 Å². The number of hydrogen-bond acceptors (Lipinski definition) is 3. The summed E-state index contributed by atoms with van der Waals surface area (Å²) >= 11 is 0. The lowest BCUT2D eigenvalue weighted by atomic mass is 10.1. The fourth-order valence-electron chi connectivity index (χ4n) is 2.49. The van der Waals surface area contributed by atoms with Gasteiger partial charge in [-0.05, 0) is 29.8 Å². The van der Waals surface area contributed by atoms with E-state index in [4.69, 9.17) is 4.74 Å². The van der Waals surface area contributed by atoms with Crippen LogP contribution in [0, 0.1) is 0 Å². The van der Waals surface area contributed by atoms with Gasteiger partial charge in [0.05, 0.1) is 12.6 Å². The Morgan fingerprint density at radius 1 is 1.09 bits per heavy atom. The van der Waals surface area contributed by atoms with Crippen LogP contribution in [0.25, 0.3) is 17.0 Å². The molecule has 22 heavy (non-hydrogen) atoms. The molecule has 0 fully saturated rings. The third kappa shape index (κ3) is 2.79. The minimum absolute atomic E-state index is 0.670. The van der Waals surface area contributed by atoms with Crippen molar-refractivity contribution in [1.82, 2.24) is 4.98 Å². The van der Waals surface area contributed by atoms with Gasteiger partial charge in [0.2, 0.25) is 0 Å². The summed E-state index contributed by atoms with van der Waals surface area (Å²) in [6, 6.07) is 18.1. The van der Waals surface area contributed by atoms with Crippen LogP contribution in [0.15, 0.2) is 61.2 Å². The van der Waals surface area contributed by atoms with E-state index in [1.54, 1.807) is 7.11 Å². The SMILES string of the molecule is C=Cc1cccc2nc(NCc3ccccc3OC)ccc12. The number of fused-ring (bicyclic) bond motifs is 1. The van der Waals surface area contributed by atoms with Crippen molar-refractivity contribution in [3.63, 3.8) is 0 Å². The molecule has 3 rings (SSSR count). The maximum absolute atomic E-state index is 5.36. The Balaban J connectivity index is 1.84. The van der Waals surface area contributed by atoms with Gasteiger partial charge >= 0.3 is 0 Å². The van der Waals surface area contributed by atoms with Gasteiger partial charge < -0.3 is 10.1 Å². The molecular weight excluding hydrogens is 272 g/mol. The molecule has 0 unspecified atom stereocenters. The molecule has 0 spiro atoms. The molecule has 0 atom stereocenters. The summed E-state index contributed by atoms with van der Waals surface area (Å²) in [4.78, 5) is 4.65. The normalized spacial score (nSPS) is 10.4. The van der Waals surface area contributed by atoms with Crippen LogP contribution in [0.3, 0.4) is 0 Å². The predicted molar refractivity (Wildman–Crippen MR) is 92.2 cm³/mol. The minimum atomic E-state index is 0.670. The lowest BCUT2D eigenvalue weighted by Crippen LogP contribution is -2.03. The number of aromatic nitrogens is 1. The van der Waals surface area contributed by atoms with E-state index < -0.39 is 0 Å². The predicted octanol–water partition coefficient (Wildman–Crippen LogP) is 4.50. The van der Waals surface area contributed by atoms with Crippen molar-refractivity contribution in [3.8, 4) is 5.75 Å². The topological polar surface area (TPSA) is 34.2 Å². The van der Waals surface area contributed by atoms with Crippen molar-refractivity contribution in [3.05, 3.63) is 72.3 Å². The summed E-state index contributed by atoms with van der Waals surface area (Å²) in [5.41, 5.74) is 3.16. The summed E-state index contributed by atoms with van der Waals surface area (Å²) in [6.07, 6.45) is 1.85. The molecule has 0 saturated heterocycles. The molecule has 1 aromatic heterocycles. The number of para-hydroxylation sites is 1. The molecule has 0 aliphatic carbocycles. The Kier molecular flexibility index (Phi) is 4.05. The minimum Gasteiger partial charge on any atom is -0.496 e. The molecule has 0 saturated carbocycles. The zero-order chi connectivity index (χ0) is 15.4. The van der Waals surface area contributed by atoms with E-state index in [1.165, 1.54) is 0 Å². The molecule has 0 bridgehead atoms. The standard InChI is InChI=1S/C19H18N2O/c1-3-14-8-6-9-17-16(14)11-12-19(21-17)20-13-15-7-4-5-10-18(15)22-2/h3-12H,1,13H2,2H3,(H,20,21). The largest absolute Gasteiger partial charge is 0.496 e. The van der Waals surface area contributed by atoms with Crippen LogP contribution < -0.4 is 10.1 Å². The molecular formula is C19H18N2O. The third-order valence-electron chi connectivity index (χ3n) is 3.64. The first-order valence-electron chi connectivity index (χ1n) is 7.20. The number of benzene rings is 2. The van der Waals surface area contributed by atoms with Gasteiger partial charge in [0.25, 0.3) is 0 Å². The third-order valence-corrected chi connectivity index (χ3v) is 3.64. The van der Waals surface area contributed by atoms with E-state index in [1.807, 2.05) is 54.6 Å². The molecule has 3 aromatic rings. The molecule has 3 heteroatoms. The van der Waals surface area contributed by atoms with E-state index in [9.17, 15) is 0 Å². The van der Waals surface area contributed by atoms with Crippen molar-refractivity contribution in [2.24, 2.45) is 0 Å². The van der Waals surface area contributed by atoms with Gasteiger partial charge in [-0.2, -0.15) is 0 Å². The summed E-state index contributed by atoms with van der Waals surface area (Å²) < 4.78 is 5.36. The fraction of sp³-hybridized carbons (Fsp3) is 0.105. The number of anilines is 1. The van der Waals surface area contributed by atoms with E-state index >= 15 is 0 Å². The second-order valence-electron chi connectivity index (χ2n) is 4.98. The highest BCUT2D eigenvalue weighted by Crippen LogP contribution is 2.22. The van der Waals surface area contributed by atoms with Crippen LogP contribution in [0.4, 0.5) is 5.82 Å². The van der Waals surface area contributed by atoms with Crippen molar-refractivity contribution in [2.75, 3.05) is 12.4 Å². The Hall–Kier alpha value is -2.81. The molecule has 0 aliphatic heterocycles. The molecule has 0 aliphatic rings. The number of nitrogens with zero attached hydrogens (tertiary/aromatic N) is 1. The maximum Gasteiger partial charge on any atom is 0.126 e. The van der Waals surface area contributed by atoms with E-state index in [-0.39, 0.29) is 0 Å². The Morgan fingerprint density at radius 3 is 2.77 bits per heavy atom. The van der Waals surface area contributed by atoms with E-state index in [2.05, 4.69) is 22.9 Å². The summed E-state index contributed by atoms with van der Waals surface area (Å²) in [5, 5.41) is 4.46. The summed E-state index contributed by atoms with van der Waals surface area (Å²) in [7, 11) is 1.68. The van der Waals surface area contributed by atoms with Gasteiger partial charge in [-0.1, -0.05) is 43.0 Å². The van der Waals surface area contributed by atoms with Crippen molar-refractivity contribution >= 4 is 22.8 Å². The Labute approximate surface area is 130 Å². The molecule has 110 valence electrons. The molecule has 0 radical (unpaired) electrons. The highest BCUT2D eigenvalue weighted by atomic mass is 16.5. The summed E-state index contributed by atoms with van der Waals surface area (Å²) in [6.45, 7) is 4.51. The zero-order valence-electron chi connectivity index (χ0n) is 12.5. The first kappa shape index (κ1) is 14.1. The Bertz CT molecular complexity index is 811. The van der Waals surface area contributed by atoms with E-state index in [0.717, 1.165) is 33.6 Å². The van der Waals surface area contributed by atoms with Crippen molar-refractivity contribution in [2.45, 2.75) is 6.54 Å². The van der Waals surface area contributed by atoms with Crippen LogP contribution in [-0.4, -0.2) is 12.1 Å². The number of pyridine rings is 1. The number of methoxy groups -OCH3 is 1. The first-order valence-corrected chi connectivity index (χ1v) is 7.20. The van der Waals surface area contributed by atoms with Crippen molar-refractivity contribution in [1.29, 1.82) is 0 Å². The molecule has 0 amide bonds. The smallest absolute Gasteiger partial charge is 0.126 e. The highest BCUT2D eigenvalue weighted by molar-refractivity contribution is 5.88. The highest BCUT2D eigenvalue weighted by Gasteiger charge is 2.04. The average Bonchev–Trinajstić information content (AvgIpc) is 2.59. The van der Waals surface area contributed by atoms with Crippen LogP contribution in [0.1, 0.15) is 11.1 Å². The summed E-state index contributed by atoms with van der Waals surface area (Å²) in [5.74, 6) is 1.73. The van der Waals surface area contributed by atoms with Gasteiger partial charge in [-0.15, -0.1) is 0 Å². The van der Waals surface area contributed by atoms with E-state index in [0.29, 0.717) is 6.54 Å². The molecule has 3 nitrogen and oxygen atoms in total. The monoisotopic (exact) mass is 290 g/mol. The molecule has 2 aromatic carbocycles.